The smallest absolute Gasteiger partial charge is 0.340 e. The standard InChI is InChI=1S/C23H14F3N5O2/c1-33-23(32)13-5-4-12(7-16(13)24)19-9-28-21-22(30-19)31(11-29-21)10-15-17(25)8-18-14(20(15)26)3-2-6-27-18/h2-9,11H,10H2,1H3. The van der Waals surface area contributed by atoms with Crippen LogP contribution in [0.5, 0.6) is 0 Å². The van der Waals surface area contributed by atoms with Gasteiger partial charge in [0.2, 0.25) is 0 Å². The zero-order valence-corrected chi connectivity index (χ0v) is 17.1. The van der Waals surface area contributed by atoms with E-state index in [9.17, 15) is 13.6 Å². The molecule has 2 aromatic carbocycles. The number of rotatable bonds is 4. The monoisotopic (exact) mass is 449 g/mol. The van der Waals surface area contributed by atoms with Gasteiger partial charge in [0.25, 0.3) is 0 Å². The van der Waals surface area contributed by atoms with Gasteiger partial charge >= 0.3 is 5.97 Å². The van der Waals surface area contributed by atoms with Crippen LogP contribution in [-0.4, -0.2) is 37.6 Å². The Hall–Kier alpha value is -4.34. The number of carbonyl (C=O) groups is 1. The van der Waals surface area contributed by atoms with Gasteiger partial charge in [-0.25, -0.2) is 32.9 Å². The topological polar surface area (TPSA) is 82.8 Å². The third kappa shape index (κ3) is 3.55. The molecule has 0 unspecified atom stereocenters. The Kier molecular flexibility index (Phi) is 4.97. The number of esters is 1. The minimum absolute atomic E-state index is 0.171. The molecule has 10 heteroatoms. The molecule has 0 radical (unpaired) electrons. The van der Waals surface area contributed by atoms with Gasteiger partial charge < -0.3 is 9.30 Å². The van der Waals surface area contributed by atoms with Gasteiger partial charge in [-0.05, 0) is 24.3 Å². The van der Waals surface area contributed by atoms with Crippen molar-refractivity contribution < 1.29 is 22.7 Å². The first-order valence-corrected chi connectivity index (χ1v) is 9.74. The molecule has 0 amide bonds. The summed E-state index contributed by atoms with van der Waals surface area (Å²) in [5.41, 5.74) is 1.00. The predicted molar refractivity (Wildman–Crippen MR) is 113 cm³/mol. The number of methoxy groups -OCH3 is 1. The maximum atomic E-state index is 15.0. The number of carbonyl (C=O) groups excluding carboxylic acids is 1. The molecule has 0 saturated heterocycles. The number of ether oxygens (including phenoxy) is 1. The molecule has 7 nitrogen and oxygen atoms in total. The van der Waals surface area contributed by atoms with Crippen molar-refractivity contribution in [2.24, 2.45) is 0 Å². The fourth-order valence-electron chi connectivity index (χ4n) is 3.55. The van der Waals surface area contributed by atoms with Crippen LogP contribution in [0.25, 0.3) is 33.5 Å². The number of nitrogens with zero attached hydrogens (tertiary/aromatic N) is 5. The summed E-state index contributed by atoms with van der Waals surface area (Å²) in [6.07, 6.45) is 4.23. The molecular formula is C23H14F3N5O2. The Morgan fingerprint density at radius 3 is 2.70 bits per heavy atom. The van der Waals surface area contributed by atoms with E-state index in [1.807, 2.05) is 0 Å². The van der Waals surface area contributed by atoms with E-state index in [0.717, 1.165) is 13.2 Å². The SMILES string of the molecule is COC(=O)c1ccc(-c2cnc3ncn(Cc4c(F)cc5ncccc5c4F)c3n2)cc1F. The van der Waals surface area contributed by atoms with Gasteiger partial charge in [-0.15, -0.1) is 0 Å². The van der Waals surface area contributed by atoms with Crippen LogP contribution in [-0.2, 0) is 11.3 Å². The Bertz CT molecular complexity index is 1550. The minimum atomic E-state index is -0.798. The summed E-state index contributed by atoms with van der Waals surface area (Å²) in [6, 6.07) is 8.20. The van der Waals surface area contributed by atoms with Gasteiger partial charge in [0, 0.05) is 28.8 Å². The van der Waals surface area contributed by atoms with Crippen molar-refractivity contribution in [3.8, 4) is 11.3 Å². The first-order chi connectivity index (χ1) is 16.0. The molecule has 0 spiro atoms. The molecule has 0 aliphatic carbocycles. The molecule has 0 aliphatic rings. The highest BCUT2D eigenvalue weighted by molar-refractivity contribution is 5.90. The number of hydrogen-bond donors (Lipinski definition) is 0. The van der Waals surface area contributed by atoms with E-state index in [4.69, 9.17) is 0 Å². The maximum absolute atomic E-state index is 15.0. The molecule has 3 heterocycles. The Balaban J connectivity index is 1.56. The molecule has 0 fully saturated rings. The van der Waals surface area contributed by atoms with Crippen LogP contribution < -0.4 is 0 Å². The van der Waals surface area contributed by atoms with Crippen LogP contribution in [0.15, 0.2) is 55.1 Å². The summed E-state index contributed by atoms with van der Waals surface area (Å²) >= 11 is 0. The molecule has 0 N–H and O–H groups in total. The van der Waals surface area contributed by atoms with E-state index in [0.29, 0.717) is 11.3 Å². The normalized spacial score (nSPS) is 11.3. The number of aromatic nitrogens is 5. The summed E-state index contributed by atoms with van der Waals surface area (Å²) in [6.45, 7) is -0.188. The third-order valence-corrected chi connectivity index (χ3v) is 5.22. The van der Waals surface area contributed by atoms with Crippen LogP contribution in [0.2, 0.25) is 0 Å². The first kappa shape index (κ1) is 20.6. The van der Waals surface area contributed by atoms with E-state index in [2.05, 4.69) is 24.7 Å². The highest BCUT2D eigenvalue weighted by Gasteiger charge is 2.18. The second-order valence-corrected chi connectivity index (χ2v) is 7.18. The molecule has 0 aliphatic heterocycles. The lowest BCUT2D eigenvalue weighted by Crippen LogP contribution is -2.06. The van der Waals surface area contributed by atoms with Crippen molar-refractivity contribution >= 4 is 28.2 Å². The van der Waals surface area contributed by atoms with E-state index in [-0.39, 0.29) is 39.9 Å². The van der Waals surface area contributed by atoms with Crippen LogP contribution in [0.3, 0.4) is 0 Å². The Morgan fingerprint density at radius 1 is 1.06 bits per heavy atom. The summed E-state index contributed by atoms with van der Waals surface area (Å²) < 4.78 is 50.0. The zero-order chi connectivity index (χ0) is 23.1. The quantitative estimate of drug-likeness (QED) is 0.381. The summed E-state index contributed by atoms with van der Waals surface area (Å²) in [5.74, 6) is -3.04. The van der Waals surface area contributed by atoms with Gasteiger partial charge in [-0.3, -0.25) is 4.98 Å². The molecule has 164 valence electrons. The summed E-state index contributed by atoms with van der Waals surface area (Å²) in [7, 11) is 1.16. The molecule has 3 aromatic heterocycles. The van der Waals surface area contributed by atoms with E-state index < -0.39 is 23.4 Å². The Labute approximate surface area is 184 Å². The number of imidazole rings is 1. The van der Waals surface area contributed by atoms with Gasteiger partial charge in [-0.2, -0.15) is 0 Å². The molecule has 33 heavy (non-hydrogen) atoms. The van der Waals surface area contributed by atoms with Crippen molar-refractivity contribution in [1.82, 2.24) is 24.5 Å². The number of benzene rings is 2. The molecular weight excluding hydrogens is 435 g/mol. The van der Waals surface area contributed by atoms with Crippen LogP contribution in [0, 0.1) is 17.5 Å². The van der Waals surface area contributed by atoms with E-state index in [1.165, 1.54) is 47.6 Å². The van der Waals surface area contributed by atoms with Crippen molar-refractivity contribution in [3.05, 3.63) is 83.7 Å². The van der Waals surface area contributed by atoms with E-state index >= 15 is 4.39 Å². The highest BCUT2D eigenvalue weighted by Crippen LogP contribution is 2.26. The van der Waals surface area contributed by atoms with Gasteiger partial charge in [0.05, 0.1) is 43.0 Å². The molecule has 0 saturated carbocycles. The van der Waals surface area contributed by atoms with Crippen LogP contribution in [0.1, 0.15) is 15.9 Å². The lowest BCUT2D eigenvalue weighted by Gasteiger charge is -2.10. The highest BCUT2D eigenvalue weighted by atomic mass is 19.1. The molecule has 0 atom stereocenters. The summed E-state index contributed by atoms with van der Waals surface area (Å²) in [4.78, 5) is 28.4. The Morgan fingerprint density at radius 2 is 1.91 bits per heavy atom. The first-order valence-electron chi connectivity index (χ1n) is 9.74. The number of hydrogen-bond acceptors (Lipinski definition) is 6. The molecule has 5 rings (SSSR count). The van der Waals surface area contributed by atoms with Gasteiger partial charge in [0.1, 0.15) is 17.5 Å². The van der Waals surface area contributed by atoms with Crippen molar-refractivity contribution in [2.75, 3.05) is 7.11 Å². The minimum Gasteiger partial charge on any atom is -0.465 e. The van der Waals surface area contributed by atoms with Crippen LogP contribution in [0.4, 0.5) is 13.2 Å². The maximum Gasteiger partial charge on any atom is 0.340 e. The van der Waals surface area contributed by atoms with Gasteiger partial charge in [0.15, 0.2) is 11.3 Å². The van der Waals surface area contributed by atoms with Crippen molar-refractivity contribution in [2.45, 2.75) is 6.54 Å². The second kappa shape index (κ2) is 7.97. The summed E-state index contributed by atoms with van der Waals surface area (Å²) in [5, 5.41) is 0.200. The fraction of sp³-hybridized carbons (Fsp3) is 0.0870. The number of fused-ring (bicyclic) bond motifs is 2. The van der Waals surface area contributed by atoms with Crippen molar-refractivity contribution in [1.29, 1.82) is 0 Å². The van der Waals surface area contributed by atoms with Crippen molar-refractivity contribution in [3.63, 3.8) is 0 Å². The number of pyridine rings is 1. The molecule has 5 aromatic rings. The fourth-order valence-corrected chi connectivity index (χ4v) is 3.55. The second-order valence-electron chi connectivity index (χ2n) is 7.18. The molecule has 0 bridgehead atoms. The average molecular weight is 449 g/mol. The predicted octanol–water partition coefficient (Wildman–Crippen LogP) is 4.29. The lowest BCUT2D eigenvalue weighted by molar-refractivity contribution is 0.0595. The number of halogens is 3. The average Bonchev–Trinajstić information content (AvgIpc) is 3.23. The van der Waals surface area contributed by atoms with E-state index in [1.54, 1.807) is 6.07 Å². The largest absolute Gasteiger partial charge is 0.465 e. The third-order valence-electron chi connectivity index (χ3n) is 5.22. The van der Waals surface area contributed by atoms with Crippen LogP contribution >= 0.6 is 0 Å². The van der Waals surface area contributed by atoms with Gasteiger partial charge in [-0.1, -0.05) is 6.07 Å². The lowest BCUT2D eigenvalue weighted by atomic mass is 10.1. The zero-order valence-electron chi connectivity index (χ0n) is 17.1.